The number of hydrogen-bond acceptors (Lipinski definition) is 2. The normalized spacial score (nSPS) is 12.0. The lowest BCUT2D eigenvalue weighted by Crippen LogP contribution is -2.30. The summed E-state index contributed by atoms with van der Waals surface area (Å²) < 4.78 is 2.09. The fourth-order valence-corrected chi connectivity index (χ4v) is 2.88. The number of nitrogens with zero attached hydrogens (tertiary/aromatic N) is 2. The summed E-state index contributed by atoms with van der Waals surface area (Å²) in [5, 5.41) is 3.05. The number of carbonyl (C=O) groups excluding carboxylic acids is 1. The summed E-state index contributed by atoms with van der Waals surface area (Å²) in [5.41, 5.74) is 2.98. The number of imidazole rings is 1. The van der Waals surface area contributed by atoms with E-state index in [1.165, 1.54) is 0 Å². The molecule has 0 fully saturated rings. The Morgan fingerprint density at radius 3 is 2.67 bits per heavy atom. The summed E-state index contributed by atoms with van der Waals surface area (Å²) in [6.45, 7) is 6.45. The Bertz CT molecular complexity index is 852. The van der Waals surface area contributed by atoms with E-state index >= 15 is 0 Å². The molecule has 0 aliphatic heterocycles. The van der Waals surface area contributed by atoms with Gasteiger partial charge < -0.3 is 9.88 Å². The van der Waals surface area contributed by atoms with E-state index in [4.69, 9.17) is 4.98 Å². The lowest BCUT2D eigenvalue weighted by atomic mass is 10.1. The van der Waals surface area contributed by atoms with E-state index in [1.54, 1.807) is 0 Å². The van der Waals surface area contributed by atoms with Crippen molar-refractivity contribution in [2.75, 3.05) is 0 Å². The van der Waals surface area contributed by atoms with Crippen LogP contribution in [0.4, 0.5) is 0 Å². The quantitative estimate of drug-likeness (QED) is 0.705. The first-order valence-electron chi connectivity index (χ1n) is 8.08. The second-order valence-electron chi connectivity index (χ2n) is 5.81. The van der Waals surface area contributed by atoms with Crippen molar-refractivity contribution in [1.82, 2.24) is 14.9 Å². The van der Waals surface area contributed by atoms with Gasteiger partial charge in [0.25, 0.3) is 0 Å². The van der Waals surface area contributed by atoms with Crippen LogP contribution in [0.2, 0.25) is 0 Å². The Balaban J connectivity index is 1.80. The van der Waals surface area contributed by atoms with E-state index in [0.29, 0.717) is 13.0 Å². The molecule has 2 aromatic carbocycles. The molecule has 1 atom stereocenters. The number of allylic oxidation sites excluding steroid dienone is 1. The van der Waals surface area contributed by atoms with Gasteiger partial charge in [0, 0.05) is 6.54 Å². The van der Waals surface area contributed by atoms with Gasteiger partial charge in [-0.25, -0.2) is 4.98 Å². The van der Waals surface area contributed by atoms with Gasteiger partial charge in [-0.05, 0) is 24.6 Å². The Hall–Kier alpha value is -2.88. The molecule has 1 heterocycles. The standard InChI is InChI=1S/C20H21N3O/c1-3-13-23-18-12-8-7-11-17(18)22-20(23)15(2)21-19(24)14-16-9-5-4-6-10-16/h3-12,15H,1,13-14H2,2H3,(H,21,24)/t15-/m0/s1. The predicted octanol–water partition coefficient (Wildman–Crippen LogP) is 3.64. The SMILES string of the molecule is C=CCn1c([C@H](C)NC(=O)Cc2ccccc2)nc2ccccc21. The minimum atomic E-state index is -0.173. The first kappa shape index (κ1) is 16.0. The molecule has 0 saturated heterocycles. The van der Waals surface area contributed by atoms with Crippen molar-refractivity contribution in [2.45, 2.75) is 25.9 Å². The number of aromatic nitrogens is 2. The number of amides is 1. The van der Waals surface area contributed by atoms with Crippen LogP contribution in [0.15, 0.2) is 67.3 Å². The van der Waals surface area contributed by atoms with Gasteiger partial charge in [-0.3, -0.25) is 4.79 Å². The van der Waals surface area contributed by atoms with Gasteiger partial charge in [0.1, 0.15) is 5.82 Å². The molecule has 4 heteroatoms. The van der Waals surface area contributed by atoms with Crippen LogP contribution in [0.1, 0.15) is 24.4 Å². The molecule has 4 nitrogen and oxygen atoms in total. The van der Waals surface area contributed by atoms with Crippen molar-refractivity contribution in [2.24, 2.45) is 0 Å². The van der Waals surface area contributed by atoms with Crippen molar-refractivity contribution >= 4 is 16.9 Å². The molecule has 0 aliphatic carbocycles. The second-order valence-corrected chi connectivity index (χ2v) is 5.81. The molecular formula is C20H21N3O. The van der Waals surface area contributed by atoms with Crippen molar-refractivity contribution in [3.8, 4) is 0 Å². The molecule has 0 bridgehead atoms. The van der Waals surface area contributed by atoms with E-state index in [0.717, 1.165) is 22.4 Å². The lowest BCUT2D eigenvalue weighted by molar-refractivity contribution is -0.121. The van der Waals surface area contributed by atoms with E-state index in [2.05, 4.69) is 16.5 Å². The Morgan fingerprint density at radius 1 is 1.21 bits per heavy atom. The van der Waals surface area contributed by atoms with Crippen LogP contribution in [-0.4, -0.2) is 15.5 Å². The highest BCUT2D eigenvalue weighted by Gasteiger charge is 2.17. The number of hydrogen-bond donors (Lipinski definition) is 1. The van der Waals surface area contributed by atoms with Crippen molar-refractivity contribution in [1.29, 1.82) is 0 Å². The molecule has 1 N–H and O–H groups in total. The minimum absolute atomic E-state index is 0.00842. The fourth-order valence-electron chi connectivity index (χ4n) is 2.88. The Labute approximate surface area is 141 Å². The summed E-state index contributed by atoms with van der Waals surface area (Å²) in [7, 11) is 0. The summed E-state index contributed by atoms with van der Waals surface area (Å²) in [6.07, 6.45) is 2.21. The van der Waals surface area contributed by atoms with Crippen LogP contribution in [0.25, 0.3) is 11.0 Å². The third-order valence-electron chi connectivity index (χ3n) is 3.97. The van der Waals surface area contributed by atoms with Crippen LogP contribution in [-0.2, 0) is 17.8 Å². The van der Waals surface area contributed by atoms with Gasteiger partial charge in [-0.2, -0.15) is 0 Å². The highest BCUT2D eigenvalue weighted by atomic mass is 16.1. The summed E-state index contributed by atoms with van der Waals surface area (Å²) >= 11 is 0. The average molecular weight is 319 g/mol. The molecule has 122 valence electrons. The largest absolute Gasteiger partial charge is 0.346 e. The van der Waals surface area contributed by atoms with Gasteiger partial charge in [-0.15, -0.1) is 6.58 Å². The average Bonchev–Trinajstić information content (AvgIpc) is 2.95. The maximum Gasteiger partial charge on any atom is 0.224 e. The maximum atomic E-state index is 12.3. The molecule has 0 spiro atoms. The highest BCUT2D eigenvalue weighted by Crippen LogP contribution is 2.21. The maximum absolute atomic E-state index is 12.3. The van der Waals surface area contributed by atoms with Gasteiger partial charge in [0.15, 0.2) is 0 Å². The zero-order valence-electron chi connectivity index (χ0n) is 13.8. The third-order valence-corrected chi connectivity index (χ3v) is 3.97. The van der Waals surface area contributed by atoms with Crippen LogP contribution in [0, 0.1) is 0 Å². The van der Waals surface area contributed by atoms with Gasteiger partial charge in [0.05, 0.1) is 23.5 Å². The fraction of sp³-hybridized carbons (Fsp3) is 0.200. The van der Waals surface area contributed by atoms with Crippen molar-refractivity contribution < 1.29 is 4.79 Å². The van der Waals surface area contributed by atoms with E-state index in [9.17, 15) is 4.79 Å². The number of benzene rings is 2. The monoisotopic (exact) mass is 319 g/mol. The van der Waals surface area contributed by atoms with Gasteiger partial charge >= 0.3 is 0 Å². The molecule has 1 aromatic heterocycles. The zero-order chi connectivity index (χ0) is 16.9. The van der Waals surface area contributed by atoms with Crippen LogP contribution in [0.3, 0.4) is 0 Å². The summed E-state index contributed by atoms with van der Waals surface area (Å²) in [6, 6.07) is 17.5. The minimum Gasteiger partial charge on any atom is -0.346 e. The van der Waals surface area contributed by atoms with Crippen LogP contribution < -0.4 is 5.32 Å². The number of carbonyl (C=O) groups is 1. The molecule has 3 rings (SSSR count). The molecule has 0 aliphatic rings. The summed E-state index contributed by atoms with van der Waals surface area (Å²) in [4.78, 5) is 17.0. The first-order chi connectivity index (χ1) is 11.7. The van der Waals surface area contributed by atoms with Gasteiger partial charge in [0.2, 0.25) is 5.91 Å². The van der Waals surface area contributed by atoms with Crippen molar-refractivity contribution in [3.05, 3.63) is 78.6 Å². The third kappa shape index (κ3) is 3.38. The van der Waals surface area contributed by atoms with Crippen LogP contribution in [0.5, 0.6) is 0 Å². The van der Waals surface area contributed by atoms with E-state index in [1.807, 2.05) is 67.6 Å². The topological polar surface area (TPSA) is 46.9 Å². The molecule has 0 radical (unpaired) electrons. The van der Waals surface area contributed by atoms with E-state index in [-0.39, 0.29) is 11.9 Å². The number of nitrogens with one attached hydrogen (secondary N) is 1. The highest BCUT2D eigenvalue weighted by molar-refractivity contribution is 5.79. The zero-order valence-corrected chi connectivity index (χ0v) is 13.8. The Morgan fingerprint density at radius 2 is 1.92 bits per heavy atom. The molecule has 3 aromatic rings. The number of fused-ring (bicyclic) bond motifs is 1. The molecule has 1 amide bonds. The molecule has 0 unspecified atom stereocenters. The number of para-hydroxylation sites is 2. The predicted molar refractivity (Wildman–Crippen MR) is 96.6 cm³/mol. The molecule has 24 heavy (non-hydrogen) atoms. The number of rotatable bonds is 6. The van der Waals surface area contributed by atoms with Crippen LogP contribution >= 0.6 is 0 Å². The molecule has 0 saturated carbocycles. The second kappa shape index (κ2) is 7.13. The smallest absolute Gasteiger partial charge is 0.224 e. The van der Waals surface area contributed by atoms with E-state index < -0.39 is 0 Å². The lowest BCUT2D eigenvalue weighted by Gasteiger charge is -2.15. The summed E-state index contributed by atoms with van der Waals surface area (Å²) in [5.74, 6) is 0.837. The van der Waals surface area contributed by atoms with Crippen molar-refractivity contribution in [3.63, 3.8) is 0 Å². The molecular weight excluding hydrogens is 298 g/mol. The first-order valence-corrected chi connectivity index (χ1v) is 8.08. The Kier molecular flexibility index (Phi) is 4.75. The van der Waals surface area contributed by atoms with Gasteiger partial charge in [-0.1, -0.05) is 48.5 Å².